The predicted octanol–water partition coefficient (Wildman–Crippen LogP) is 2.12. The van der Waals surface area contributed by atoms with Gasteiger partial charge in [0.25, 0.3) is 0 Å². The zero-order valence-electron chi connectivity index (χ0n) is 18.8. The van der Waals surface area contributed by atoms with Crippen molar-refractivity contribution in [1.29, 1.82) is 0 Å². The number of hydrogen-bond acceptors (Lipinski definition) is 8. The molecule has 10 nitrogen and oxygen atoms in total. The molecule has 31 heavy (non-hydrogen) atoms. The number of H-pyrrole nitrogens is 1. The second kappa shape index (κ2) is 9.92. The maximum Gasteiger partial charge on any atom is 0.414 e. The SMILES string of the molecule is CN(C)C(=O)Oc1ccc(C[C@H](N=c2[nH][s+]([O-])nc2N(C)C)C(=O)OC(C)(C)C)cc1. The summed E-state index contributed by atoms with van der Waals surface area (Å²) in [5.74, 6) is 0.260. The van der Waals surface area contributed by atoms with Crippen molar-refractivity contribution < 1.29 is 23.6 Å². The van der Waals surface area contributed by atoms with Gasteiger partial charge in [-0.3, -0.25) is 0 Å². The molecule has 170 valence electrons. The average molecular weight is 452 g/mol. The molecule has 0 aliphatic carbocycles. The molecule has 11 heteroatoms. The number of nitrogens with one attached hydrogen (secondary N) is 1. The van der Waals surface area contributed by atoms with Crippen LogP contribution in [0.15, 0.2) is 29.3 Å². The Morgan fingerprint density at radius 3 is 2.32 bits per heavy atom. The van der Waals surface area contributed by atoms with Gasteiger partial charge in [0, 0.05) is 39.0 Å². The second-order valence-corrected chi connectivity index (χ2v) is 9.18. The lowest BCUT2D eigenvalue weighted by atomic mass is 10.1. The van der Waals surface area contributed by atoms with Crippen LogP contribution in [0, 0.1) is 0 Å². The molecule has 1 aromatic heterocycles. The average Bonchev–Trinajstić information content (AvgIpc) is 3.01. The molecule has 1 N–H and O–H groups in total. The third-order valence-electron chi connectivity index (χ3n) is 3.88. The molecule has 0 aliphatic rings. The summed E-state index contributed by atoms with van der Waals surface area (Å²) in [6.07, 6.45) is -0.253. The van der Waals surface area contributed by atoms with Gasteiger partial charge in [-0.05, 0) is 38.5 Å². The van der Waals surface area contributed by atoms with Crippen molar-refractivity contribution in [1.82, 2.24) is 13.6 Å². The number of rotatable bonds is 6. The predicted molar refractivity (Wildman–Crippen MR) is 117 cm³/mol. The van der Waals surface area contributed by atoms with Crippen LogP contribution in [0.3, 0.4) is 0 Å². The lowest BCUT2D eigenvalue weighted by Crippen LogP contribution is -2.34. The summed E-state index contributed by atoms with van der Waals surface area (Å²) >= 11 is -1.65. The van der Waals surface area contributed by atoms with E-state index in [9.17, 15) is 14.1 Å². The number of hydrogen-bond donors (Lipinski definition) is 1. The Morgan fingerprint density at radius 2 is 1.81 bits per heavy atom. The summed E-state index contributed by atoms with van der Waals surface area (Å²) in [5.41, 5.74) is 0.354. The van der Waals surface area contributed by atoms with Gasteiger partial charge in [-0.2, -0.15) is 0 Å². The van der Waals surface area contributed by atoms with E-state index in [1.54, 1.807) is 78.1 Å². The molecule has 0 spiro atoms. The quantitative estimate of drug-likeness (QED) is 0.527. The number of anilines is 1. The number of ether oxygens (including phenoxy) is 2. The van der Waals surface area contributed by atoms with Crippen LogP contribution < -0.4 is 15.1 Å². The molecule has 0 radical (unpaired) electrons. The fourth-order valence-corrected chi connectivity index (χ4v) is 3.23. The van der Waals surface area contributed by atoms with Crippen molar-refractivity contribution >= 4 is 29.0 Å². The number of carbonyl (C=O) groups excluding carboxylic acids is 2. The van der Waals surface area contributed by atoms with Gasteiger partial charge < -0.3 is 23.8 Å². The summed E-state index contributed by atoms with van der Waals surface area (Å²) in [7, 11) is 6.68. The third-order valence-corrected chi connectivity index (χ3v) is 4.58. The monoisotopic (exact) mass is 451 g/mol. The lowest BCUT2D eigenvalue weighted by molar-refractivity contribution is -0.156. The first-order chi connectivity index (χ1) is 14.4. The first-order valence-electron chi connectivity index (χ1n) is 9.59. The van der Waals surface area contributed by atoms with Crippen LogP contribution in [-0.2, 0) is 16.0 Å². The van der Waals surface area contributed by atoms with Gasteiger partial charge in [-0.1, -0.05) is 12.1 Å². The first-order valence-corrected chi connectivity index (χ1v) is 10.7. The van der Waals surface area contributed by atoms with E-state index in [-0.39, 0.29) is 11.9 Å². The Morgan fingerprint density at radius 1 is 1.19 bits per heavy atom. The highest BCUT2D eigenvalue weighted by atomic mass is 32.2. The molecule has 2 aromatic rings. The molecule has 0 saturated carbocycles. The molecule has 0 bridgehead atoms. The highest BCUT2D eigenvalue weighted by molar-refractivity contribution is 7.13. The van der Waals surface area contributed by atoms with Crippen LogP contribution in [0.4, 0.5) is 10.6 Å². The molecule has 1 amide bonds. The highest BCUT2D eigenvalue weighted by Gasteiger charge is 2.26. The van der Waals surface area contributed by atoms with E-state index in [1.165, 1.54) is 4.90 Å². The minimum atomic E-state index is -1.65. The number of aromatic nitrogens is 2. The van der Waals surface area contributed by atoms with Crippen molar-refractivity contribution in [2.45, 2.75) is 38.8 Å². The molecule has 2 rings (SSSR count). The number of benzene rings is 1. The molecule has 0 aliphatic heterocycles. The lowest BCUT2D eigenvalue weighted by Gasteiger charge is -2.22. The third kappa shape index (κ3) is 7.37. The van der Waals surface area contributed by atoms with Gasteiger partial charge in [-0.25, -0.2) is 14.6 Å². The van der Waals surface area contributed by atoms with E-state index in [4.69, 9.17) is 9.47 Å². The zero-order chi connectivity index (χ0) is 23.3. The van der Waals surface area contributed by atoms with E-state index >= 15 is 0 Å². The van der Waals surface area contributed by atoms with E-state index < -0.39 is 34.8 Å². The molecular weight excluding hydrogens is 422 g/mol. The molecule has 1 unspecified atom stereocenters. The standard InChI is InChI=1S/C20H29N5O5S/c1-20(2,3)30-18(26)15(21-16-17(24(4)5)23-31(28)22-16)12-13-8-10-14(11-9-13)29-19(27)25(6)7/h8-11,15H,12H2,1-7H3,(H,21,22)/t15-,31?/m0/s1. The molecule has 1 aromatic carbocycles. The Bertz CT molecular complexity index is 973. The molecular formula is C20H29N5O5S. The van der Waals surface area contributed by atoms with Gasteiger partial charge in [0.2, 0.25) is 11.3 Å². The Balaban J connectivity index is 2.33. The number of carbonyl (C=O) groups is 2. The fraction of sp³-hybridized carbons (Fsp3) is 0.500. The Hall–Kier alpha value is -2.92. The maximum atomic E-state index is 12.8. The molecule has 0 saturated heterocycles. The molecule has 0 fully saturated rings. The summed E-state index contributed by atoms with van der Waals surface area (Å²) in [6, 6.07) is 5.89. The summed E-state index contributed by atoms with van der Waals surface area (Å²) in [4.78, 5) is 32.0. The smallest absolute Gasteiger partial charge is 0.414 e. The van der Waals surface area contributed by atoms with Crippen molar-refractivity contribution in [3.8, 4) is 5.75 Å². The van der Waals surface area contributed by atoms with Crippen LogP contribution in [0.1, 0.15) is 26.3 Å². The van der Waals surface area contributed by atoms with Crippen LogP contribution in [0.25, 0.3) is 0 Å². The van der Waals surface area contributed by atoms with Gasteiger partial charge in [0.15, 0.2) is 17.2 Å². The van der Waals surface area contributed by atoms with E-state index in [2.05, 4.69) is 13.7 Å². The van der Waals surface area contributed by atoms with Crippen molar-refractivity contribution in [2.24, 2.45) is 4.99 Å². The Labute approximate surface area is 184 Å². The highest BCUT2D eigenvalue weighted by Crippen LogP contribution is 2.18. The van der Waals surface area contributed by atoms with Gasteiger partial charge in [-0.15, -0.1) is 4.37 Å². The number of amides is 1. The van der Waals surface area contributed by atoms with Gasteiger partial charge >= 0.3 is 12.1 Å². The van der Waals surface area contributed by atoms with Crippen LogP contribution in [-0.4, -0.2) is 70.1 Å². The van der Waals surface area contributed by atoms with Gasteiger partial charge in [0.05, 0.1) is 0 Å². The van der Waals surface area contributed by atoms with Crippen molar-refractivity contribution in [3.63, 3.8) is 0 Å². The normalized spacial score (nSPS) is 13.5. The van der Waals surface area contributed by atoms with Crippen LogP contribution >= 0.6 is 11.1 Å². The Kier molecular flexibility index (Phi) is 7.80. The topological polar surface area (TPSA) is 123 Å². The number of aromatic amines is 1. The van der Waals surface area contributed by atoms with Crippen molar-refractivity contribution in [2.75, 3.05) is 33.1 Å². The zero-order valence-corrected chi connectivity index (χ0v) is 19.6. The van der Waals surface area contributed by atoms with Crippen molar-refractivity contribution in [3.05, 3.63) is 35.3 Å². The van der Waals surface area contributed by atoms with E-state index in [1.807, 2.05) is 0 Å². The van der Waals surface area contributed by atoms with Crippen LogP contribution in [0.5, 0.6) is 5.75 Å². The fourth-order valence-electron chi connectivity index (χ4n) is 2.47. The minimum Gasteiger partial charge on any atom is -0.548 e. The first kappa shape index (κ1) is 24.4. The minimum absolute atomic E-state index is 0.231. The summed E-state index contributed by atoms with van der Waals surface area (Å²) in [5, 5.41) is 0. The maximum absolute atomic E-state index is 12.8. The summed E-state index contributed by atoms with van der Waals surface area (Å²) in [6.45, 7) is 5.33. The van der Waals surface area contributed by atoms with E-state index in [0.29, 0.717) is 11.6 Å². The largest absolute Gasteiger partial charge is 0.548 e. The van der Waals surface area contributed by atoms with Crippen LogP contribution in [0.2, 0.25) is 0 Å². The molecule has 1 heterocycles. The number of esters is 1. The van der Waals surface area contributed by atoms with E-state index in [0.717, 1.165) is 5.56 Å². The second-order valence-electron chi connectivity index (χ2n) is 8.30. The summed E-state index contributed by atoms with van der Waals surface area (Å²) < 4.78 is 29.2. The van der Waals surface area contributed by atoms with Gasteiger partial charge in [0.1, 0.15) is 11.4 Å². The number of nitrogens with zero attached hydrogens (tertiary/aromatic N) is 4. The molecule has 2 atom stereocenters.